The molecule has 0 aromatic carbocycles. The summed E-state index contributed by atoms with van der Waals surface area (Å²) in [6.45, 7) is -3.29. The van der Waals surface area contributed by atoms with Crippen LogP contribution < -0.4 is 0 Å². The van der Waals surface area contributed by atoms with Crippen LogP contribution in [0.3, 0.4) is 0 Å². The fourth-order valence-electron chi connectivity index (χ4n) is 1.38. The zero-order chi connectivity index (χ0) is 17.8. The molecular weight excluding hydrogens is 346 g/mol. The van der Waals surface area contributed by atoms with Crippen molar-refractivity contribution < 1.29 is 58.1 Å². The maximum Gasteiger partial charge on any atom is 0.425 e. The first-order valence-electron chi connectivity index (χ1n) is 5.30. The third kappa shape index (κ3) is 3.11. The molecule has 1 heterocycles. The molecule has 0 amide bonds. The van der Waals surface area contributed by atoms with Gasteiger partial charge in [0.2, 0.25) is 0 Å². The van der Waals surface area contributed by atoms with Crippen LogP contribution in [0.2, 0.25) is 0 Å². The van der Waals surface area contributed by atoms with Gasteiger partial charge in [0.15, 0.2) is 0 Å². The van der Waals surface area contributed by atoms with E-state index in [0.717, 1.165) is 0 Å². The van der Waals surface area contributed by atoms with Crippen LogP contribution in [0.4, 0.5) is 43.9 Å². The number of hydrogen-bond donors (Lipinski definition) is 0. The van der Waals surface area contributed by atoms with Crippen molar-refractivity contribution in [2.75, 3.05) is 6.61 Å². The van der Waals surface area contributed by atoms with Gasteiger partial charge in [-0.25, -0.2) is 4.39 Å². The zero-order valence-corrected chi connectivity index (χ0v) is 10.7. The fourth-order valence-corrected chi connectivity index (χ4v) is 1.38. The molecule has 1 fully saturated rings. The van der Waals surface area contributed by atoms with Crippen molar-refractivity contribution >= 4 is 0 Å². The molecular formula is C9H8F10O3. The molecule has 0 aromatic heterocycles. The van der Waals surface area contributed by atoms with Crippen molar-refractivity contribution in [1.82, 2.24) is 0 Å². The molecule has 132 valence electrons. The van der Waals surface area contributed by atoms with Gasteiger partial charge in [0, 0.05) is 6.92 Å². The van der Waals surface area contributed by atoms with Gasteiger partial charge in [-0.1, -0.05) is 0 Å². The normalized spacial score (nSPS) is 39.8. The second-order valence-electron chi connectivity index (χ2n) is 4.61. The lowest BCUT2D eigenvalue weighted by Crippen LogP contribution is -2.74. The van der Waals surface area contributed by atoms with Crippen LogP contribution >= 0.6 is 0 Å². The molecule has 22 heavy (non-hydrogen) atoms. The minimum Gasteiger partial charge on any atom is -0.312 e. The van der Waals surface area contributed by atoms with Gasteiger partial charge in [-0.3, -0.25) is 9.47 Å². The summed E-state index contributed by atoms with van der Waals surface area (Å²) in [5.41, 5.74) is -4.72. The van der Waals surface area contributed by atoms with E-state index in [0.29, 0.717) is 0 Å². The Kier molecular flexibility index (Phi) is 4.23. The fraction of sp³-hybridized carbons (Fsp3) is 1.00. The molecule has 1 rings (SSSR count). The lowest BCUT2D eigenvalue weighted by atomic mass is 10.0. The maximum absolute atomic E-state index is 14.1. The van der Waals surface area contributed by atoms with E-state index < -0.39 is 49.5 Å². The molecule has 0 radical (unpaired) electrons. The summed E-state index contributed by atoms with van der Waals surface area (Å²) in [5.74, 6) is -4.52. The van der Waals surface area contributed by atoms with Crippen LogP contribution in [0.5, 0.6) is 0 Å². The van der Waals surface area contributed by atoms with Crippen LogP contribution in [-0.4, -0.2) is 42.6 Å². The molecule has 0 aromatic rings. The van der Waals surface area contributed by atoms with E-state index in [-0.39, 0.29) is 6.92 Å². The van der Waals surface area contributed by atoms with Gasteiger partial charge in [-0.05, 0) is 6.92 Å². The second-order valence-corrected chi connectivity index (χ2v) is 4.61. The predicted molar refractivity (Wildman–Crippen MR) is 46.9 cm³/mol. The molecule has 3 atom stereocenters. The lowest BCUT2D eigenvalue weighted by Gasteiger charge is -2.51. The topological polar surface area (TPSA) is 27.7 Å². The highest BCUT2D eigenvalue weighted by Crippen LogP contribution is 2.56. The van der Waals surface area contributed by atoms with Crippen LogP contribution in [0, 0.1) is 0 Å². The first-order chi connectivity index (χ1) is 9.37. The third-order valence-corrected chi connectivity index (χ3v) is 2.71. The number of halogens is 10. The monoisotopic (exact) mass is 354 g/mol. The van der Waals surface area contributed by atoms with E-state index >= 15 is 0 Å². The Morgan fingerprint density at radius 2 is 1.32 bits per heavy atom. The van der Waals surface area contributed by atoms with Crippen LogP contribution in [-0.2, 0) is 14.2 Å². The van der Waals surface area contributed by atoms with Gasteiger partial charge in [0.1, 0.15) is 6.61 Å². The standard InChI is InChI=1S/C9H8F10O3/c1-4(7(14,15)16)9(19,20-3-6(11,12)13)22-5(2,10)8(17,18)21-4/h3H2,1-2H3. The number of hydrogen-bond acceptors (Lipinski definition) is 3. The van der Waals surface area contributed by atoms with Gasteiger partial charge < -0.3 is 4.74 Å². The molecule has 1 aliphatic heterocycles. The lowest BCUT2D eigenvalue weighted by molar-refractivity contribution is -0.584. The van der Waals surface area contributed by atoms with Crippen molar-refractivity contribution in [3.05, 3.63) is 0 Å². The van der Waals surface area contributed by atoms with Crippen LogP contribution in [0.15, 0.2) is 0 Å². The minimum atomic E-state index is -6.02. The molecule has 0 spiro atoms. The zero-order valence-electron chi connectivity index (χ0n) is 10.7. The summed E-state index contributed by atoms with van der Waals surface area (Å²) in [6.07, 6.45) is -16.7. The molecule has 13 heteroatoms. The van der Waals surface area contributed by atoms with E-state index in [1.54, 1.807) is 0 Å². The van der Waals surface area contributed by atoms with Gasteiger partial charge in [-0.2, -0.15) is 39.5 Å². The van der Waals surface area contributed by atoms with Gasteiger partial charge in [0.05, 0.1) is 0 Å². The molecule has 1 saturated heterocycles. The average molecular weight is 354 g/mol. The van der Waals surface area contributed by atoms with Gasteiger partial charge in [0.25, 0.3) is 5.60 Å². The van der Waals surface area contributed by atoms with Crippen LogP contribution in [0.1, 0.15) is 13.8 Å². The highest BCUT2D eigenvalue weighted by atomic mass is 19.4. The summed E-state index contributed by atoms with van der Waals surface area (Å²) >= 11 is 0. The number of alkyl halides is 10. The highest BCUT2D eigenvalue weighted by molar-refractivity contribution is 5.00. The Morgan fingerprint density at radius 1 is 0.864 bits per heavy atom. The van der Waals surface area contributed by atoms with E-state index in [9.17, 15) is 43.9 Å². The molecule has 3 unspecified atom stereocenters. The summed E-state index contributed by atoms with van der Waals surface area (Å²) in [4.78, 5) is 0. The van der Waals surface area contributed by atoms with E-state index in [1.807, 2.05) is 0 Å². The smallest absolute Gasteiger partial charge is 0.312 e. The summed E-state index contributed by atoms with van der Waals surface area (Å²) < 4.78 is 138. The molecule has 1 aliphatic rings. The van der Waals surface area contributed by atoms with Crippen molar-refractivity contribution in [3.8, 4) is 0 Å². The number of ether oxygens (including phenoxy) is 3. The van der Waals surface area contributed by atoms with Crippen molar-refractivity contribution in [2.24, 2.45) is 0 Å². The SMILES string of the molecule is CC1(F)OC(F)(OCC(F)(F)F)C(C)(C(F)(F)F)OC1(F)F. The summed E-state index contributed by atoms with van der Waals surface area (Å²) in [6, 6.07) is -5.01. The molecule has 0 saturated carbocycles. The molecule has 0 bridgehead atoms. The molecule has 0 N–H and O–H groups in total. The van der Waals surface area contributed by atoms with Gasteiger partial charge >= 0.3 is 30.4 Å². The van der Waals surface area contributed by atoms with Crippen molar-refractivity contribution in [3.63, 3.8) is 0 Å². The molecule has 0 aliphatic carbocycles. The predicted octanol–water partition coefficient (Wildman–Crippen LogP) is 3.83. The first kappa shape index (κ1) is 19.2. The first-order valence-corrected chi connectivity index (χ1v) is 5.30. The van der Waals surface area contributed by atoms with E-state index in [4.69, 9.17) is 0 Å². The average Bonchev–Trinajstić information content (AvgIpc) is 2.20. The Balaban J connectivity index is 3.30. The van der Waals surface area contributed by atoms with Crippen molar-refractivity contribution in [1.29, 1.82) is 0 Å². The van der Waals surface area contributed by atoms with E-state index in [2.05, 4.69) is 14.2 Å². The van der Waals surface area contributed by atoms with E-state index in [1.165, 1.54) is 0 Å². The number of rotatable bonds is 2. The Hall–Kier alpha value is -0.820. The maximum atomic E-state index is 14.1. The summed E-state index contributed by atoms with van der Waals surface area (Å²) in [7, 11) is 0. The Morgan fingerprint density at radius 3 is 1.68 bits per heavy atom. The second kappa shape index (κ2) is 4.84. The van der Waals surface area contributed by atoms with Gasteiger partial charge in [-0.15, -0.1) is 0 Å². The Labute approximate surface area is 116 Å². The highest BCUT2D eigenvalue weighted by Gasteiger charge is 2.81. The largest absolute Gasteiger partial charge is 0.425 e. The third-order valence-electron chi connectivity index (χ3n) is 2.71. The summed E-state index contributed by atoms with van der Waals surface area (Å²) in [5, 5.41) is 0. The van der Waals surface area contributed by atoms with Crippen LogP contribution in [0.25, 0.3) is 0 Å². The Bertz CT molecular complexity index is 430. The quantitative estimate of drug-likeness (QED) is 0.706. The molecule has 3 nitrogen and oxygen atoms in total. The minimum absolute atomic E-state index is 0.228. The van der Waals surface area contributed by atoms with Crippen molar-refractivity contribution in [2.45, 2.75) is 49.8 Å².